The number of halogens is 4. The summed E-state index contributed by atoms with van der Waals surface area (Å²) >= 11 is 3.19. The number of hydrogen-bond acceptors (Lipinski definition) is 3. The monoisotopic (exact) mass is 365 g/mol. The van der Waals surface area contributed by atoms with Gasteiger partial charge in [0.05, 0.1) is 12.5 Å². The minimum absolute atomic E-state index is 0.0452. The summed E-state index contributed by atoms with van der Waals surface area (Å²) in [5, 5.41) is 20.3. The molecule has 21 heavy (non-hydrogen) atoms. The molecular formula is C13H11BrF3NO3. The van der Waals surface area contributed by atoms with Crippen LogP contribution in [0.5, 0.6) is 0 Å². The van der Waals surface area contributed by atoms with Crippen LogP contribution < -0.4 is 0 Å². The Labute approximate surface area is 126 Å². The maximum Gasteiger partial charge on any atom is 0.224 e. The Kier molecular flexibility index (Phi) is 4.67. The maximum atomic E-state index is 13.8. The summed E-state index contributed by atoms with van der Waals surface area (Å²) < 4.78 is 40.7. The van der Waals surface area contributed by atoms with Gasteiger partial charge in [-0.15, -0.1) is 0 Å². The standard InChI is InChI=1S/C13H11BrF3NO3/c14-9-2-8(13(18(20)21)1-6(9)5-19)7-3-11(16)12(17)4-10(7)15/h3-4,8,13,19H,1-2,5H2. The summed E-state index contributed by atoms with van der Waals surface area (Å²) in [5.41, 5.74) is 0.223. The average molecular weight is 366 g/mol. The number of rotatable bonds is 3. The van der Waals surface area contributed by atoms with Crippen LogP contribution in [0, 0.1) is 27.6 Å². The van der Waals surface area contributed by atoms with E-state index >= 15 is 0 Å². The highest BCUT2D eigenvalue weighted by Gasteiger charge is 2.40. The van der Waals surface area contributed by atoms with E-state index in [2.05, 4.69) is 15.9 Å². The highest BCUT2D eigenvalue weighted by molar-refractivity contribution is 9.11. The van der Waals surface area contributed by atoms with Crippen molar-refractivity contribution in [3.8, 4) is 0 Å². The number of nitrogens with zero attached hydrogens (tertiary/aromatic N) is 1. The summed E-state index contributed by atoms with van der Waals surface area (Å²) in [7, 11) is 0. The van der Waals surface area contributed by atoms with Crippen molar-refractivity contribution in [2.24, 2.45) is 0 Å². The molecule has 1 aromatic carbocycles. The maximum absolute atomic E-state index is 13.8. The third-order valence-corrected chi connectivity index (χ3v) is 4.49. The number of benzene rings is 1. The van der Waals surface area contributed by atoms with Gasteiger partial charge in [-0.2, -0.15) is 0 Å². The van der Waals surface area contributed by atoms with E-state index in [1.165, 1.54) is 0 Å². The molecule has 1 aromatic rings. The summed E-state index contributed by atoms with van der Waals surface area (Å²) in [6.45, 7) is -0.349. The zero-order valence-electron chi connectivity index (χ0n) is 10.7. The van der Waals surface area contributed by atoms with Crippen molar-refractivity contribution >= 4 is 15.9 Å². The van der Waals surface area contributed by atoms with Crippen molar-refractivity contribution in [3.05, 3.63) is 55.3 Å². The molecule has 0 fully saturated rings. The molecule has 2 rings (SSSR count). The molecule has 114 valence electrons. The van der Waals surface area contributed by atoms with Crippen LogP contribution in [0.4, 0.5) is 13.2 Å². The Bertz CT molecular complexity index is 621. The van der Waals surface area contributed by atoms with E-state index in [4.69, 9.17) is 5.11 Å². The lowest BCUT2D eigenvalue weighted by Gasteiger charge is -2.27. The lowest BCUT2D eigenvalue weighted by atomic mass is 9.80. The van der Waals surface area contributed by atoms with Crippen LogP contribution in [0.15, 0.2) is 22.2 Å². The molecule has 0 aliphatic heterocycles. The zero-order chi connectivity index (χ0) is 15.7. The summed E-state index contributed by atoms with van der Waals surface area (Å²) in [5.74, 6) is -4.53. The molecule has 1 aliphatic carbocycles. The summed E-state index contributed by atoms with van der Waals surface area (Å²) in [6.07, 6.45) is -0.0310. The molecule has 2 unspecified atom stereocenters. The van der Waals surface area contributed by atoms with Crippen molar-refractivity contribution in [1.29, 1.82) is 0 Å². The molecule has 0 bridgehead atoms. The van der Waals surface area contributed by atoms with Crippen LogP contribution in [0.1, 0.15) is 24.3 Å². The fourth-order valence-corrected chi connectivity index (χ4v) is 3.13. The Morgan fingerprint density at radius 1 is 1.24 bits per heavy atom. The van der Waals surface area contributed by atoms with Crippen molar-refractivity contribution in [2.45, 2.75) is 24.8 Å². The molecule has 8 heteroatoms. The topological polar surface area (TPSA) is 63.4 Å². The van der Waals surface area contributed by atoms with Gasteiger partial charge in [0.1, 0.15) is 5.82 Å². The van der Waals surface area contributed by atoms with Crippen molar-refractivity contribution < 1.29 is 23.2 Å². The van der Waals surface area contributed by atoms with Gasteiger partial charge >= 0.3 is 0 Å². The van der Waals surface area contributed by atoms with E-state index in [0.29, 0.717) is 22.2 Å². The highest BCUT2D eigenvalue weighted by Crippen LogP contribution is 2.41. The van der Waals surface area contributed by atoms with E-state index in [1.54, 1.807) is 0 Å². The van der Waals surface area contributed by atoms with E-state index < -0.39 is 34.3 Å². The molecule has 0 heterocycles. The first-order valence-corrected chi connectivity index (χ1v) is 6.89. The lowest BCUT2D eigenvalue weighted by Crippen LogP contribution is -2.32. The molecular weight excluding hydrogens is 355 g/mol. The quantitative estimate of drug-likeness (QED) is 0.508. The third kappa shape index (κ3) is 3.11. The Balaban J connectivity index is 2.48. The molecule has 0 aromatic heterocycles. The zero-order valence-corrected chi connectivity index (χ0v) is 12.2. The van der Waals surface area contributed by atoms with E-state index in [9.17, 15) is 23.3 Å². The van der Waals surface area contributed by atoms with Gasteiger partial charge in [0, 0.05) is 23.0 Å². The van der Waals surface area contributed by atoms with Crippen molar-refractivity contribution in [2.75, 3.05) is 6.61 Å². The third-order valence-electron chi connectivity index (χ3n) is 3.60. The number of allylic oxidation sites excluding steroid dienone is 1. The molecule has 0 saturated carbocycles. The van der Waals surface area contributed by atoms with Crippen LogP contribution in [0.25, 0.3) is 0 Å². The fourth-order valence-electron chi connectivity index (χ4n) is 2.49. The number of hydrogen-bond donors (Lipinski definition) is 1. The van der Waals surface area contributed by atoms with Crippen LogP contribution in [0.3, 0.4) is 0 Å². The van der Waals surface area contributed by atoms with Gasteiger partial charge in [0.25, 0.3) is 0 Å². The van der Waals surface area contributed by atoms with Gasteiger partial charge in [-0.05, 0) is 22.5 Å². The molecule has 0 radical (unpaired) electrons. The first-order chi connectivity index (χ1) is 9.85. The molecule has 0 spiro atoms. The van der Waals surface area contributed by atoms with Crippen LogP contribution in [-0.2, 0) is 0 Å². The molecule has 1 aliphatic rings. The molecule has 2 atom stereocenters. The fraction of sp³-hybridized carbons (Fsp3) is 0.385. The smallest absolute Gasteiger partial charge is 0.224 e. The first-order valence-electron chi connectivity index (χ1n) is 6.10. The van der Waals surface area contributed by atoms with Gasteiger partial charge in [-0.1, -0.05) is 15.9 Å². The SMILES string of the molecule is O=[N+]([O-])C1CC(CO)=C(Br)CC1c1cc(F)c(F)cc1F. The predicted molar refractivity (Wildman–Crippen MR) is 72.1 cm³/mol. The largest absolute Gasteiger partial charge is 0.392 e. The van der Waals surface area contributed by atoms with Gasteiger partial charge < -0.3 is 5.11 Å². The molecule has 4 nitrogen and oxygen atoms in total. The number of aliphatic hydroxyl groups excluding tert-OH is 1. The Hall–Kier alpha value is -1.41. The Morgan fingerprint density at radius 3 is 2.43 bits per heavy atom. The second-order valence-electron chi connectivity index (χ2n) is 4.82. The number of nitro groups is 1. The minimum Gasteiger partial charge on any atom is -0.392 e. The van der Waals surface area contributed by atoms with Crippen molar-refractivity contribution in [1.82, 2.24) is 0 Å². The first kappa shape index (κ1) is 16.0. The van der Waals surface area contributed by atoms with Gasteiger partial charge in [-0.3, -0.25) is 10.1 Å². The lowest BCUT2D eigenvalue weighted by molar-refractivity contribution is -0.527. The van der Waals surface area contributed by atoms with E-state index in [-0.39, 0.29) is 25.0 Å². The van der Waals surface area contributed by atoms with Gasteiger partial charge in [0.15, 0.2) is 11.6 Å². The highest BCUT2D eigenvalue weighted by atomic mass is 79.9. The van der Waals surface area contributed by atoms with Crippen LogP contribution >= 0.6 is 15.9 Å². The van der Waals surface area contributed by atoms with Crippen molar-refractivity contribution in [3.63, 3.8) is 0 Å². The average Bonchev–Trinajstić information content (AvgIpc) is 2.42. The Morgan fingerprint density at radius 2 is 1.86 bits per heavy atom. The summed E-state index contributed by atoms with van der Waals surface area (Å²) in [4.78, 5) is 10.6. The normalized spacial score (nSPS) is 22.5. The minimum atomic E-state index is -1.34. The summed E-state index contributed by atoms with van der Waals surface area (Å²) in [6, 6.07) is -0.149. The number of aliphatic hydroxyl groups is 1. The molecule has 0 amide bonds. The molecule has 0 saturated heterocycles. The van der Waals surface area contributed by atoms with Gasteiger partial charge in [-0.25, -0.2) is 13.2 Å². The van der Waals surface area contributed by atoms with Crippen LogP contribution in [-0.4, -0.2) is 22.7 Å². The van der Waals surface area contributed by atoms with E-state index in [0.717, 1.165) is 0 Å². The van der Waals surface area contributed by atoms with Crippen LogP contribution in [0.2, 0.25) is 0 Å². The van der Waals surface area contributed by atoms with E-state index in [1.807, 2.05) is 0 Å². The van der Waals surface area contributed by atoms with Gasteiger partial charge in [0.2, 0.25) is 6.04 Å². The molecule has 1 N–H and O–H groups in total. The second-order valence-corrected chi connectivity index (χ2v) is 5.78. The second kappa shape index (κ2) is 6.15. The predicted octanol–water partition coefficient (Wildman–Crippen LogP) is 3.27.